The van der Waals surface area contributed by atoms with Crippen molar-refractivity contribution in [2.75, 3.05) is 26.8 Å². The maximum Gasteiger partial charge on any atom is 0.248 e. The van der Waals surface area contributed by atoms with Gasteiger partial charge in [-0.2, -0.15) is 0 Å². The van der Waals surface area contributed by atoms with Crippen molar-refractivity contribution in [1.82, 2.24) is 10.2 Å². The maximum absolute atomic E-state index is 12.5. The summed E-state index contributed by atoms with van der Waals surface area (Å²) in [4.78, 5) is 26.0. The second-order valence-corrected chi connectivity index (χ2v) is 5.62. The zero-order chi connectivity index (χ0) is 13.7. The van der Waals surface area contributed by atoms with Crippen LogP contribution in [0.5, 0.6) is 0 Å². The number of amides is 2. The standard InChI is InChI=1S/C14H24N2O3/c1-19-10-6-2-5-9-16-11-12(17)15-14(13(16)18)7-3-4-8-14/h2-11H2,1H3,(H,15,17). The average molecular weight is 268 g/mol. The Labute approximate surface area is 114 Å². The van der Waals surface area contributed by atoms with Crippen LogP contribution >= 0.6 is 0 Å². The zero-order valence-electron chi connectivity index (χ0n) is 11.7. The molecule has 2 rings (SSSR count). The van der Waals surface area contributed by atoms with Crippen LogP contribution in [-0.4, -0.2) is 49.1 Å². The van der Waals surface area contributed by atoms with Crippen molar-refractivity contribution in [1.29, 1.82) is 0 Å². The number of nitrogens with one attached hydrogen (secondary N) is 1. The molecule has 19 heavy (non-hydrogen) atoms. The van der Waals surface area contributed by atoms with E-state index in [1.165, 1.54) is 0 Å². The first-order valence-corrected chi connectivity index (χ1v) is 7.27. The van der Waals surface area contributed by atoms with Crippen LogP contribution in [0, 0.1) is 0 Å². The zero-order valence-corrected chi connectivity index (χ0v) is 11.7. The Morgan fingerprint density at radius 2 is 1.95 bits per heavy atom. The van der Waals surface area contributed by atoms with Gasteiger partial charge in [-0.05, 0) is 32.1 Å². The van der Waals surface area contributed by atoms with Gasteiger partial charge in [0.05, 0.1) is 6.54 Å². The molecule has 5 heteroatoms. The number of ether oxygens (including phenoxy) is 1. The van der Waals surface area contributed by atoms with E-state index in [4.69, 9.17) is 4.74 Å². The molecule has 2 fully saturated rings. The highest BCUT2D eigenvalue weighted by Crippen LogP contribution is 2.33. The van der Waals surface area contributed by atoms with Crippen molar-refractivity contribution in [3.63, 3.8) is 0 Å². The van der Waals surface area contributed by atoms with Crippen molar-refractivity contribution in [3.05, 3.63) is 0 Å². The number of rotatable bonds is 6. The monoisotopic (exact) mass is 268 g/mol. The number of methoxy groups -OCH3 is 1. The molecular weight excluding hydrogens is 244 g/mol. The molecule has 0 aromatic heterocycles. The van der Waals surface area contributed by atoms with E-state index in [2.05, 4.69) is 5.32 Å². The van der Waals surface area contributed by atoms with E-state index in [9.17, 15) is 9.59 Å². The summed E-state index contributed by atoms with van der Waals surface area (Å²) < 4.78 is 5.00. The fourth-order valence-corrected chi connectivity index (χ4v) is 3.13. The summed E-state index contributed by atoms with van der Waals surface area (Å²) in [5.74, 6) is 0.134. The molecule has 1 aliphatic heterocycles. The summed E-state index contributed by atoms with van der Waals surface area (Å²) in [5.41, 5.74) is -0.568. The molecule has 2 amide bonds. The Morgan fingerprint density at radius 3 is 2.63 bits per heavy atom. The van der Waals surface area contributed by atoms with E-state index >= 15 is 0 Å². The van der Waals surface area contributed by atoms with Gasteiger partial charge in [0.25, 0.3) is 0 Å². The number of piperazine rings is 1. The molecule has 108 valence electrons. The number of hydrogen-bond acceptors (Lipinski definition) is 3. The second-order valence-electron chi connectivity index (χ2n) is 5.62. The molecule has 0 radical (unpaired) electrons. The lowest BCUT2D eigenvalue weighted by Gasteiger charge is -2.39. The Hall–Kier alpha value is -1.10. The molecule has 1 aliphatic carbocycles. The van der Waals surface area contributed by atoms with Gasteiger partial charge in [-0.1, -0.05) is 12.8 Å². The summed E-state index contributed by atoms with van der Waals surface area (Å²) in [5, 5.41) is 2.93. The van der Waals surface area contributed by atoms with Crippen molar-refractivity contribution < 1.29 is 14.3 Å². The van der Waals surface area contributed by atoms with Gasteiger partial charge < -0.3 is 15.0 Å². The minimum absolute atomic E-state index is 0.00149. The average Bonchev–Trinajstić information content (AvgIpc) is 2.84. The van der Waals surface area contributed by atoms with E-state index in [0.29, 0.717) is 6.54 Å². The van der Waals surface area contributed by atoms with Crippen LogP contribution in [0.15, 0.2) is 0 Å². The number of hydrogen-bond donors (Lipinski definition) is 1. The van der Waals surface area contributed by atoms with E-state index in [0.717, 1.165) is 51.6 Å². The number of unbranched alkanes of at least 4 members (excludes halogenated alkanes) is 2. The fraction of sp³-hybridized carbons (Fsp3) is 0.857. The van der Waals surface area contributed by atoms with E-state index in [-0.39, 0.29) is 18.4 Å². The van der Waals surface area contributed by atoms with E-state index in [1.54, 1.807) is 12.0 Å². The van der Waals surface area contributed by atoms with Gasteiger partial charge in [0.2, 0.25) is 11.8 Å². The first-order valence-electron chi connectivity index (χ1n) is 7.27. The van der Waals surface area contributed by atoms with Gasteiger partial charge in [0.15, 0.2) is 0 Å². The predicted octanol–water partition coefficient (Wildman–Crippen LogP) is 1.07. The minimum atomic E-state index is -0.568. The van der Waals surface area contributed by atoms with Gasteiger partial charge >= 0.3 is 0 Å². The molecule has 1 heterocycles. The lowest BCUT2D eigenvalue weighted by Crippen LogP contribution is -2.65. The lowest BCUT2D eigenvalue weighted by atomic mass is 9.93. The van der Waals surface area contributed by atoms with Crippen LogP contribution in [-0.2, 0) is 14.3 Å². The topological polar surface area (TPSA) is 58.6 Å². The largest absolute Gasteiger partial charge is 0.385 e. The molecule has 1 saturated heterocycles. The molecule has 0 bridgehead atoms. The highest BCUT2D eigenvalue weighted by Gasteiger charge is 2.47. The van der Waals surface area contributed by atoms with Gasteiger partial charge in [0, 0.05) is 20.3 Å². The van der Waals surface area contributed by atoms with Crippen molar-refractivity contribution in [3.8, 4) is 0 Å². The van der Waals surface area contributed by atoms with Gasteiger partial charge in [0.1, 0.15) is 5.54 Å². The summed E-state index contributed by atoms with van der Waals surface area (Å²) in [6.07, 6.45) is 6.66. The smallest absolute Gasteiger partial charge is 0.248 e. The predicted molar refractivity (Wildman–Crippen MR) is 71.6 cm³/mol. The molecule has 0 aromatic rings. The first kappa shape index (κ1) is 14.3. The highest BCUT2D eigenvalue weighted by molar-refractivity contribution is 5.98. The Kier molecular flexibility index (Phi) is 4.80. The molecule has 1 saturated carbocycles. The van der Waals surface area contributed by atoms with Gasteiger partial charge in [-0.25, -0.2) is 0 Å². The maximum atomic E-state index is 12.5. The normalized spacial score (nSPS) is 22.1. The highest BCUT2D eigenvalue weighted by atomic mass is 16.5. The van der Waals surface area contributed by atoms with E-state index < -0.39 is 5.54 Å². The van der Waals surface area contributed by atoms with Crippen LogP contribution in [0.25, 0.3) is 0 Å². The van der Waals surface area contributed by atoms with Crippen molar-refractivity contribution in [2.24, 2.45) is 0 Å². The third-order valence-corrected chi connectivity index (χ3v) is 4.14. The summed E-state index contributed by atoms with van der Waals surface area (Å²) >= 11 is 0. The number of carbonyl (C=O) groups is 2. The summed E-state index contributed by atoms with van der Waals surface area (Å²) in [6.45, 7) is 1.68. The van der Waals surface area contributed by atoms with E-state index in [1.807, 2.05) is 0 Å². The molecule has 0 aromatic carbocycles. The van der Waals surface area contributed by atoms with Gasteiger partial charge in [-0.3, -0.25) is 9.59 Å². The van der Waals surface area contributed by atoms with Gasteiger partial charge in [-0.15, -0.1) is 0 Å². The number of carbonyl (C=O) groups excluding carboxylic acids is 2. The van der Waals surface area contributed by atoms with Crippen molar-refractivity contribution in [2.45, 2.75) is 50.5 Å². The SMILES string of the molecule is COCCCCCN1CC(=O)NC2(CCCC2)C1=O. The summed E-state index contributed by atoms with van der Waals surface area (Å²) in [7, 11) is 1.70. The van der Waals surface area contributed by atoms with Crippen LogP contribution in [0.3, 0.4) is 0 Å². The Balaban J connectivity index is 1.85. The van der Waals surface area contributed by atoms with Crippen molar-refractivity contribution >= 4 is 11.8 Å². The lowest BCUT2D eigenvalue weighted by molar-refractivity contribution is -0.149. The first-order chi connectivity index (χ1) is 9.18. The summed E-state index contributed by atoms with van der Waals surface area (Å²) in [6, 6.07) is 0. The number of nitrogens with zero attached hydrogens (tertiary/aromatic N) is 1. The fourth-order valence-electron chi connectivity index (χ4n) is 3.13. The second kappa shape index (κ2) is 6.37. The minimum Gasteiger partial charge on any atom is -0.385 e. The molecule has 2 aliphatic rings. The molecular formula is C14H24N2O3. The third kappa shape index (κ3) is 3.26. The van der Waals surface area contributed by atoms with Crippen LogP contribution in [0.2, 0.25) is 0 Å². The molecule has 1 spiro atoms. The molecule has 5 nitrogen and oxygen atoms in total. The molecule has 0 atom stereocenters. The van der Waals surface area contributed by atoms with Crippen LogP contribution in [0.4, 0.5) is 0 Å². The molecule has 1 N–H and O–H groups in total. The Bertz CT molecular complexity index is 338. The van der Waals surface area contributed by atoms with Crippen LogP contribution in [0.1, 0.15) is 44.9 Å². The Morgan fingerprint density at radius 1 is 1.21 bits per heavy atom. The van der Waals surface area contributed by atoms with Crippen LogP contribution < -0.4 is 5.32 Å². The third-order valence-electron chi connectivity index (χ3n) is 4.14. The molecule has 0 unspecified atom stereocenters. The quantitative estimate of drug-likeness (QED) is 0.733.